The molecule has 0 radical (unpaired) electrons. The van der Waals surface area contributed by atoms with E-state index in [0.29, 0.717) is 5.56 Å². The Labute approximate surface area is 152 Å². The van der Waals surface area contributed by atoms with Crippen molar-refractivity contribution in [2.24, 2.45) is 0 Å². The van der Waals surface area contributed by atoms with Crippen molar-refractivity contribution in [3.63, 3.8) is 0 Å². The van der Waals surface area contributed by atoms with Crippen LogP contribution in [0.1, 0.15) is 11.1 Å². The predicted molar refractivity (Wildman–Crippen MR) is 101 cm³/mol. The van der Waals surface area contributed by atoms with Crippen LogP contribution in [-0.2, 0) is 6.54 Å². The number of nitriles is 1. The van der Waals surface area contributed by atoms with Gasteiger partial charge in [0.05, 0.1) is 17.8 Å². The smallest absolute Gasteiger partial charge is 0.101 e. The highest BCUT2D eigenvalue weighted by Crippen LogP contribution is 2.25. The second-order valence-corrected chi connectivity index (χ2v) is 6.04. The lowest BCUT2D eigenvalue weighted by Gasteiger charge is -2.05. The molecule has 0 aliphatic carbocycles. The SMILES string of the molecule is N#Cc1cncc(-c2cccc(-c3ccn(Cc4ccccc4)n3)c2)c1. The maximum atomic E-state index is 9.06. The van der Waals surface area contributed by atoms with E-state index in [1.807, 2.05) is 59.4 Å². The van der Waals surface area contributed by atoms with Crippen LogP contribution in [0.4, 0.5) is 0 Å². The van der Waals surface area contributed by atoms with Crippen LogP contribution < -0.4 is 0 Å². The van der Waals surface area contributed by atoms with Crippen molar-refractivity contribution in [2.45, 2.75) is 6.54 Å². The van der Waals surface area contributed by atoms with E-state index in [1.165, 1.54) is 5.56 Å². The van der Waals surface area contributed by atoms with Crippen molar-refractivity contribution in [3.05, 3.63) is 96.4 Å². The van der Waals surface area contributed by atoms with Crippen molar-refractivity contribution >= 4 is 0 Å². The van der Waals surface area contributed by atoms with Gasteiger partial charge in [0.1, 0.15) is 6.07 Å². The summed E-state index contributed by atoms with van der Waals surface area (Å²) in [5, 5.41) is 13.8. The zero-order chi connectivity index (χ0) is 17.8. The molecule has 0 bridgehead atoms. The number of benzene rings is 2. The largest absolute Gasteiger partial charge is 0.268 e. The number of rotatable bonds is 4. The number of hydrogen-bond donors (Lipinski definition) is 0. The minimum Gasteiger partial charge on any atom is -0.268 e. The number of pyridine rings is 1. The second-order valence-electron chi connectivity index (χ2n) is 6.04. The third-order valence-corrected chi connectivity index (χ3v) is 4.19. The molecule has 4 heteroatoms. The van der Waals surface area contributed by atoms with E-state index in [2.05, 4.69) is 29.3 Å². The van der Waals surface area contributed by atoms with Crippen LogP contribution in [0, 0.1) is 11.3 Å². The molecule has 0 saturated carbocycles. The van der Waals surface area contributed by atoms with Crippen molar-refractivity contribution in [2.75, 3.05) is 0 Å². The van der Waals surface area contributed by atoms with E-state index in [0.717, 1.165) is 28.9 Å². The minimum absolute atomic E-state index is 0.556. The van der Waals surface area contributed by atoms with Gasteiger partial charge in [0.2, 0.25) is 0 Å². The molecular weight excluding hydrogens is 320 g/mol. The normalized spacial score (nSPS) is 10.4. The Morgan fingerprint density at radius 2 is 1.69 bits per heavy atom. The molecule has 0 aliphatic heterocycles. The summed E-state index contributed by atoms with van der Waals surface area (Å²) in [7, 11) is 0. The van der Waals surface area contributed by atoms with Gasteiger partial charge in [-0.25, -0.2) is 0 Å². The molecule has 0 fully saturated rings. The van der Waals surface area contributed by atoms with Crippen LogP contribution >= 0.6 is 0 Å². The molecule has 4 nitrogen and oxygen atoms in total. The van der Waals surface area contributed by atoms with E-state index in [-0.39, 0.29) is 0 Å². The van der Waals surface area contributed by atoms with Gasteiger partial charge in [-0.1, -0.05) is 48.5 Å². The zero-order valence-electron chi connectivity index (χ0n) is 14.1. The highest BCUT2D eigenvalue weighted by atomic mass is 15.3. The summed E-state index contributed by atoms with van der Waals surface area (Å²) in [6.07, 6.45) is 5.33. The van der Waals surface area contributed by atoms with Gasteiger partial charge >= 0.3 is 0 Å². The van der Waals surface area contributed by atoms with Gasteiger partial charge in [-0.3, -0.25) is 9.67 Å². The third-order valence-electron chi connectivity index (χ3n) is 4.19. The molecule has 0 amide bonds. The first-order valence-electron chi connectivity index (χ1n) is 8.35. The second kappa shape index (κ2) is 7.04. The van der Waals surface area contributed by atoms with Crippen LogP contribution in [0.5, 0.6) is 0 Å². The zero-order valence-corrected chi connectivity index (χ0v) is 14.1. The average molecular weight is 336 g/mol. The Kier molecular flexibility index (Phi) is 4.28. The first kappa shape index (κ1) is 15.8. The summed E-state index contributed by atoms with van der Waals surface area (Å²) in [5.41, 5.74) is 5.68. The minimum atomic E-state index is 0.556. The Morgan fingerprint density at radius 1 is 0.846 bits per heavy atom. The number of hydrogen-bond acceptors (Lipinski definition) is 3. The van der Waals surface area contributed by atoms with Gasteiger partial charge in [-0.05, 0) is 29.3 Å². The fourth-order valence-corrected chi connectivity index (χ4v) is 2.89. The molecule has 0 atom stereocenters. The fourth-order valence-electron chi connectivity index (χ4n) is 2.89. The van der Waals surface area contributed by atoms with Crippen LogP contribution in [-0.4, -0.2) is 14.8 Å². The number of aromatic nitrogens is 3. The highest BCUT2D eigenvalue weighted by Gasteiger charge is 2.06. The standard InChI is InChI=1S/C22H16N4/c23-13-18-11-21(15-24-14-18)19-7-4-8-20(12-19)22-9-10-26(25-22)16-17-5-2-1-3-6-17/h1-12,14-15H,16H2. The van der Waals surface area contributed by atoms with Crippen LogP contribution in [0.15, 0.2) is 85.3 Å². The third kappa shape index (κ3) is 3.38. The molecule has 2 heterocycles. The Hall–Kier alpha value is -3.71. The van der Waals surface area contributed by atoms with Gasteiger partial charge in [-0.2, -0.15) is 10.4 Å². The van der Waals surface area contributed by atoms with Crippen molar-refractivity contribution in [1.29, 1.82) is 5.26 Å². The molecule has 0 spiro atoms. The maximum absolute atomic E-state index is 9.06. The molecule has 2 aromatic heterocycles. The monoisotopic (exact) mass is 336 g/mol. The lowest BCUT2D eigenvalue weighted by atomic mass is 10.0. The summed E-state index contributed by atoms with van der Waals surface area (Å²) in [6, 6.07) is 24.4. The van der Waals surface area contributed by atoms with Crippen molar-refractivity contribution < 1.29 is 0 Å². The van der Waals surface area contributed by atoms with Gasteiger partial charge in [0.25, 0.3) is 0 Å². The molecule has 124 valence electrons. The van der Waals surface area contributed by atoms with E-state index >= 15 is 0 Å². The van der Waals surface area contributed by atoms with E-state index in [9.17, 15) is 0 Å². The van der Waals surface area contributed by atoms with Crippen LogP contribution in [0.25, 0.3) is 22.4 Å². The maximum Gasteiger partial charge on any atom is 0.101 e. The Morgan fingerprint density at radius 3 is 2.54 bits per heavy atom. The van der Waals surface area contributed by atoms with Gasteiger partial charge in [0.15, 0.2) is 0 Å². The first-order chi connectivity index (χ1) is 12.8. The van der Waals surface area contributed by atoms with Crippen molar-refractivity contribution in [1.82, 2.24) is 14.8 Å². The predicted octanol–water partition coefficient (Wildman–Crippen LogP) is 4.53. The summed E-state index contributed by atoms with van der Waals surface area (Å²) < 4.78 is 1.94. The molecule has 0 aliphatic rings. The molecule has 26 heavy (non-hydrogen) atoms. The molecule has 4 rings (SSSR count). The topological polar surface area (TPSA) is 54.5 Å². The summed E-state index contributed by atoms with van der Waals surface area (Å²) in [6.45, 7) is 0.745. The van der Waals surface area contributed by atoms with E-state index in [1.54, 1.807) is 12.4 Å². The summed E-state index contributed by atoms with van der Waals surface area (Å²) in [5.74, 6) is 0. The molecule has 4 aromatic rings. The van der Waals surface area contributed by atoms with Gasteiger partial charge < -0.3 is 0 Å². The fraction of sp³-hybridized carbons (Fsp3) is 0.0455. The van der Waals surface area contributed by atoms with Crippen molar-refractivity contribution in [3.8, 4) is 28.5 Å². The average Bonchev–Trinajstić information content (AvgIpc) is 3.17. The molecule has 2 aromatic carbocycles. The molecular formula is C22H16N4. The molecule has 0 unspecified atom stereocenters. The lowest BCUT2D eigenvalue weighted by Crippen LogP contribution is -2.00. The van der Waals surface area contributed by atoms with Crippen LogP contribution in [0.2, 0.25) is 0 Å². The van der Waals surface area contributed by atoms with E-state index < -0.39 is 0 Å². The number of nitrogens with zero attached hydrogens (tertiary/aromatic N) is 4. The Bertz CT molecular complexity index is 1070. The first-order valence-corrected chi connectivity index (χ1v) is 8.35. The Balaban J connectivity index is 1.62. The van der Waals surface area contributed by atoms with Crippen LogP contribution in [0.3, 0.4) is 0 Å². The van der Waals surface area contributed by atoms with E-state index in [4.69, 9.17) is 10.4 Å². The molecule has 0 saturated heterocycles. The quantitative estimate of drug-likeness (QED) is 0.550. The van der Waals surface area contributed by atoms with Gasteiger partial charge in [0, 0.05) is 29.7 Å². The summed E-state index contributed by atoms with van der Waals surface area (Å²) in [4.78, 5) is 4.14. The molecule has 0 N–H and O–H groups in total. The lowest BCUT2D eigenvalue weighted by molar-refractivity contribution is 0.689. The van der Waals surface area contributed by atoms with Gasteiger partial charge in [-0.15, -0.1) is 0 Å². The highest BCUT2D eigenvalue weighted by molar-refractivity contribution is 5.71. The summed E-state index contributed by atoms with van der Waals surface area (Å²) >= 11 is 0.